The second kappa shape index (κ2) is 4.88. The first-order chi connectivity index (χ1) is 9.33. The number of nitrogens with zero attached hydrogens (tertiary/aromatic N) is 2. The summed E-state index contributed by atoms with van der Waals surface area (Å²) >= 11 is 0. The molecule has 98 valence electrons. The molecule has 1 unspecified atom stereocenters. The minimum atomic E-state index is 0.352. The third-order valence-corrected chi connectivity index (χ3v) is 3.82. The van der Waals surface area contributed by atoms with E-state index in [1.54, 1.807) is 0 Å². The molecule has 0 bridgehead atoms. The average Bonchev–Trinajstić information content (AvgIpc) is 2.90. The third-order valence-electron chi connectivity index (χ3n) is 3.82. The first kappa shape index (κ1) is 12.0. The smallest absolute Gasteiger partial charge is 0.0911 e. The Morgan fingerprint density at radius 1 is 1.32 bits per heavy atom. The van der Waals surface area contributed by atoms with Gasteiger partial charge in [-0.2, -0.15) is 5.10 Å². The van der Waals surface area contributed by atoms with Crippen LogP contribution in [0.5, 0.6) is 0 Å². The van der Waals surface area contributed by atoms with Crippen molar-refractivity contribution in [3.63, 3.8) is 0 Å². The van der Waals surface area contributed by atoms with Gasteiger partial charge in [0.15, 0.2) is 0 Å². The molecule has 0 radical (unpaired) electrons. The fourth-order valence-electron chi connectivity index (χ4n) is 2.87. The molecular formula is C15H17N3O. The van der Waals surface area contributed by atoms with Gasteiger partial charge in [-0.1, -0.05) is 42.4 Å². The van der Waals surface area contributed by atoms with Gasteiger partial charge in [0, 0.05) is 17.7 Å². The van der Waals surface area contributed by atoms with Gasteiger partial charge in [0.05, 0.1) is 11.4 Å². The van der Waals surface area contributed by atoms with Crippen LogP contribution in [0.15, 0.2) is 35.5 Å². The number of aromatic amines is 1. The van der Waals surface area contributed by atoms with Crippen molar-refractivity contribution in [2.24, 2.45) is 5.16 Å². The maximum atomic E-state index is 9.29. The summed E-state index contributed by atoms with van der Waals surface area (Å²) < 4.78 is 0. The van der Waals surface area contributed by atoms with E-state index >= 15 is 0 Å². The molecule has 19 heavy (non-hydrogen) atoms. The standard InChI is InChI=1S/C15H17N3O/c1-2-12-15-13(17-16-12)8-11(9-14(15)18-19)10-6-4-3-5-7-10/h3-7,11,19H,2,8-9H2,1H3,(H,16,17). The number of hydrogen-bond acceptors (Lipinski definition) is 3. The van der Waals surface area contributed by atoms with Crippen LogP contribution in [0.1, 0.15) is 41.8 Å². The molecule has 0 saturated heterocycles. The molecule has 3 rings (SSSR count). The highest BCUT2D eigenvalue weighted by Gasteiger charge is 2.29. The third kappa shape index (κ3) is 2.03. The lowest BCUT2D eigenvalue weighted by Crippen LogP contribution is -2.20. The van der Waals surface area contributed by atoms with E-state index in [1.165, 1.54) is 5.56 Å². The lowest BCUT2D eigenvalue weighted by atomic mass is 9.81. The van der Waals surface area contributed by atoms with Crippen LogP contribution in [0, 0.1) is 0 Å². The number of benzene rings is 1. The fraction of sp³-hybridized carbons (Fsp3) is 0.333. The number of rotatable bonds is 2. The highest BCUT2D eigenvalue weighted by atomic mass is 16.4. The molecule has 0 aliphatic heterocycles. The second-order valence-electron chi connectivity index (χ2n) is 4.94. The van der Waals surface area contributed by atoms with Crippen LogP contribution in [-0.2, 0) is 12.8 Å². The maximum absolute atomic E-state index is 9.29. The zero-order chi connectivity index (χ0) is 13.2. The number of aryl methyl sites for hydroxylation is 1. The summed E-state index contributed by atoms with van der Waals surface area (Å²) in [6, 6.07) is 10.4. The van der Waals surface area contributed by atoms with E-state index < -0.39 is 0 Å². The number of oxime groups is 1. The summed E-state index contributed by atoms with van der Waals surface area (Å²) in [5.41, 5.74) is 5.14. The van der Waals surface area contributed by atoms with Crippen LogP contribution in [0.25, 0.3) is 0 Å². The van der Waals surface area contributed by atoms with Crippen molar-refractivity contribution in [3.05, 3.63) is 52.8 Å². The van der Waals surface area contributed by atoms with E-state index in [0.717, 1.165) is 41.9 Å². The van der Waals surface area contributed by atoms with E-state index in [2.05, 4.69) is 34.4 Å². The molecule has 1 aliphatic carbocycles. The van der Waals surface area contributed by atoms with Crippen molar-refractivity contribution in [3.8, 4) is 0 Å². The fourth-order valence-corrected chi connectivity index (χ4v) is 2.87. The summed E-state index contributed by atoms with van der Waals surface area (Å²) in [7, 11) is 0. The highest BCUT2D eigenvalue weighted by molar-refractivity contribution is 6.03. The minimum Gasteiger partial charge on any atom is -0.411 e. The van der Waals surface area contributed by atoms with Gasteiger partial charge in [0.2, 0.25) is 0 Å². The molecule has 1 heterocycles. The summed E-state index contributed by atoms with van der Waals surface area (Å²) in [6.45, 7) is 2.06. The van der Waals surface area contributed by atoms with Crippen LogP contribution < -0.4 is 0 Å². The van der Waals surface area contributed by atoms with Gasteiger partial charge in [0.25, 0.3) is 0 Å². The Morgan fingerprint density at radius 2 is 2.11 bits per heavy atom. The summed E-state index contributed by atoms with van der Waals surface area (Å²) in [4.78, 5) is 0. The van der Waals surface area contributed by atoms with Crippen LogP contribution >= 0.6 is 0 Å². The van der Waals surface area contributed by atoms with Crippen molar-refractivity contribution in [2.45, 2.75) is 32.1 Å². The van der Waals surface area contributed by atoms with Crippen LogP contribution in [-0.4, -0.2) is 21.1 Å². The first-order valence-electron chi connectivity index (χ1n) is 6.65. The minimum absolute atomic E-state index is 0.352. The van der Waals surface area contributed by atoms with Crippen molar-refractivity contribution < 1.29 is 5.21 Å². The molecule has 1 aliphatic rings. The molecular weight excluding hydrogens is 238 g/mol. The molecule has 2 N–H and O–H groups in total. The van der Waals surface area contributed by atoms with E-state index in [-0.39, 0.29) is 0 Å². The van der Waals surface area contributed by atoms with E-state index in [1.807, 2.05) is 18.2 Å². The van der Waals surface area contributed by atoms with Crippen molar-refractivity contribution in [2.75, 3.05) is 0 Å². The Hall–Kier alpha value is -2.10. The Morgan fingerprint density at radius 3 is 2.79 bits per heavy atom. The molecule has 1 atom stereocenters. The Kier molecular flexibility index (Phi) is 3.07. The van der Waals surface area contributed by atoms with E-state index in [9.17, 15) is 5.21 Å². The quantitative estimate of drug-likeness (QED) is 0.640. The van der Waals surface area contributed by atoms with Crippen molar-refractivity contribution in [1.29, 1.82) is 0 Å². The number of H-pyrrole nitrogens is 1. The van der Waals surface area contributed by atoms with Gasteiger partial charge in [-0.3, -0.25) is 5.10 Å². The van der Waals surface area contributed by atoms with E-state index in [4.69, 9.17) is 0 Å². The largest absolute Gasteiger partial charge is 0.411 e. The van der Waals surface area contributed by atoms with Gasteiger partial charge in [0.1, 0.15) is 0 Å². The first-order valence-corrected chi connectivity index (χ1v) is 6.65. The lowest BCUT2D eigenvalue weighted by molar-refractivity contribution is 0.317. The molecule has 1 aromatic heterocycles. The molecule has 1 aromatic carbocycles. The second-order valence-corrected chi connectivity index (χ2v) is 4.94. The summed E-state index contributed by atoms with van der Waals surface area (Å²) in [5, 5.41) is 20.2. The van der Waals surface area contributed by atoms with Gasteiger partial charge < -0.3 is 5.21 Å². The van der Waals surface area contributed by atoms with Crippen LogP contribution in [0.2, 0.25) is 0 Å². The molecule has 2 aromatic rings. The Bertz CT molecular complexity index is 601. The number of nitrogens with one attached hydrogen (secondary N) is 1. The molecule has 0 amide bonds. The molecule has 4 nitrogen and oxygen atoms in total. The Balaban J connectivity index is 2.00. The monoisotopic (exact) mass is 255 g/mol. The molecule has 0 saturated carbocycles. The zero-order valence-corrected chi connectivity index (χ0v) is 10.9. The van der Waals surface area contributed by atoms with Crippen LogP contribution in [0.4, 0.5) is 0 Å². The van der Waals surface area contributed by atoms with Crippen molar-refractivity contribution in [1.82, 2.24) is 10.2 Å². The molecule has 0 fully saturated rings. The number of fused-ring (bicyclic) bond motifs is 1. The molecule has 0 spiro atoms. The molecule has 4 heteroatoms. The predicted octanol–water partition coefficient (Wildman–Crippen LogP) is 2.88. The number of hydrogen-bond donors (Lipinski definition) is 2. The zero-order valence-electron chi connectivity index (χ0n) is 10.9. The number of aromatic nitrogens is 2. The van der Waals surface area contributed by atoms with Crippen molar-refractivity contribution >= 4 is 5.71 Å². The van der Waals surface area contributed by atoms with Gasteiger partial charge >= 0.3 is 0 Å². The lowest BCUT2D eigenvalue weighted by Gasteiger charge is -2.23. The summed E-state index contributed by atoms with van der Waals surface area (Å²) in [5.74, 6) is 0.352. The summed E-state index contributed by atoms with van der Waals surface area (Å²) in [6.07, 6.45) is 2.53. The predicted molar refractivity (Wildman–Crippen MR) is 73.8 cm³/mol. The van der Waals surface area contributed by atoms with Gasteiger partial charge in [-0.15, -0.1) is 0 Å². The SMILES string of the molecule is CCc1n[nH]c2c1C(=NO)CC(c1ccccc1)C2. The average molecular weight is 255 g/mol. The van der Waals surface area contributed by atoms with E-state index in [0.29, 0.717) is 5.92 Å². The normalized spacial score (nSPS) is 20.5. The van der Waals surface area contributed by atoms with Crippen LogP contribution in [0.3, 0.4) is 0 Å². The van der Waals surface area contributed by atoms with Gasteiger partial charge in [-0.25, -0.2) is 0 Å². The maximum Gasteiger partial charge on any atom is 0.0911 e. The van der Waals surface area contributed by atoms with Gasteiger partial charge in [-0.05, 0) is 24.3 Å². The Labute approximate surface area is 112 Å². The topological polar surface area (TPSA) is 61.3 Å². The highest BCUT2D eigenvalue weighted by Crippen LogP contribution is 2.33.